The zero-order valence-electron chi connectivity index (χ0n) is 28.1. The topological polar surface area (TPSA) is 16.4 Å². The Morgan fingerprint density at radius 1 is 0.288 bits per heavy atom. The molecule has 0 radical (unpaired) electrons. The van der Waals surface area contributed by atoms with Gasteiger partial charge in [0.15, 0.2) is 0 Å². The van der Waals surface area contributed by atoms with E-state index < -0.39 is 0 Å². The van der Waals surface area contributed by atoms with Crippen molar-refractivity contribution in [2.24, 2.45) is 0 Å². The van der Waals surface area contributed by atoms with Crippen LogP contribution < -0.4 is 4.90 Å². The second kappa shape index (κ2) is 10.3. The first-order chi connectivity index (χ1) is 25.8. The van der Waals surface area contributed by atoms with Crippen molar-refractivity contribution in [3.05, 3.63) is 176 Å². The first-order valence-corrected chi connectivity index (χ1v) is 17.9. The van der Waals surface area contributed by atoms with Crippen LogP contribution in [-0.4, -0.2) is 0 Å². The summed E-state index contributed by atoms with van der Waals surface area (Å²) in [6.45, 7) is 0. The van der Waals surface area contributed by atoms with E-state index in [-0.39, 0.29) is 0 Å². The summed E-state index contributed by atoms with van der Waals surface area (Å²) in [6.07, 6.45) is 0. The summed E-state index contributed by atoms with van der Waals surface area (Å²) in [5, 5.41) is 20.0. The lowest BCUT2D eigenvalue weighted by molar-refractivity contribution is 0.669. The highest BCUT2D eigenvalue weighted by Gasteiger charge is 2.21. The van der Waals surface area contributed by atoms with Gasteiger partial charge in [-0.3, -0.25) is 0 Å². The molecule has 1 aromatic heterocycles. The fraction of sp³-hybridized carbons (Fsp3) is 0. The van der Waals surface area contributed by atoms with Gasteiger partial charge in [0.2, 0.25) is 0 Å². The molecule has 0 N–H and O–H groups in total. The molecule has 12 aromatic rings. The number of furan rings is 1. The van der Waals surface area contributed by atoms with Gasteiger partial charge in [0.25, 0.3) is 0 Å². The van der Waals surface area contributed by atoms with Crippen molar-refractivity contribution in [1.29, 1.82) is 0 Å². The van der Waals surface area contributed by atoms with Crippen LogP contribution >= 0.6 is 0 Å². The first-order valence-electron chi connectivity index (χ1n) is 17.9. The van der Waals surface area contributed by atoms with Crippen LogP contribution in [0.15, 0.2) is 180 Å². The normalized spacial score (nSPS) is 12.2. The average molecular weight is 660 g/mol. The monoisotopic (exact) mass is 659 g/mol. The smallest absolute Gasteiger partial charge is 0.135 e. The summed E-state index contributed by atoms with van der Waals surface area (Å²) >= 11 is 0. The summed E-state index contributed by atoms with van der Waals surface area (Å²) in [5.41, 5.74) is 5.12. The molecule has 0 atom stereocenters. The van der Waals surface area contributed by atoms with E-state index in [2.05, 4.69) is 175 Å². The third kappa shape index (κ3) is 3.78. The number of para-hydroxylation sites is 1. The molecule has 240 valence electrons. The molecule has 0 amide bonds. The van der Waals surface area contributed by atoms with Crippen LogP contribution in [0.4, 0.5) is 17.1 Å². The standard InChI is InChI=1S/C50H29NO/c1-2-14-37-30(9-1)10-8-19-44(37)51(35-25-26-46-42(28-35)38-15-3-4-20-45(38)52-46)36-27-34-24-23-33-12-6-17-40-39-16-5-11-31-21-22-32-13-7-18-41(49(32)47(31)39)43(29-36)50(34)48(33)40/h1-29H. The van der Waals surface area contributed by atoms with E-state index in [0.717, 1.165) is 39.0 Å². The average Bonchev–Trinajstić information content (AvgIpc) is 3.57. The van der Waals surface area contributed by atoms with Crippen LogP contribution in [0.3, 0.4) is 0 Å². The van der Waals surface area contributed by atoms with Gasteiger partial charge in [-0.15, -0.1) is 0 Å². The second-order valence-corrected chi connectivity index (χ2v) is 14.0. The number of nitrogens with zero attached hydrogens (tertiary/aromatic N) is 1. The molecule has 0 fully saturated rings. The number of benzene rings is 10. The maximum Gasteiger partial charge on any atom is 0.135 e. The Labute approximate surface area is 298 Å². The molecule has 0 aliphatic heterocycles. The summed E-state index contributed by atoms with van der Waals surface area (Å²) in [5.74, 6) is 0. The van der Waals surface area contributed by atoms with Crippen LogP contribution in [-0.2, 0) is 0 Å². The summed E-state index contributed by atoms with van der Waals surface area (Å²) in [7, 11) is 0. The number of hydrogen-bond acceptors (Lipinski definition) is 2. The fourth-order valence-electron chi connectivity index (χ4n) is 9.08. The first kappa shape index (κ1) is 27.9. The molecule has 12 rings (SSSR count). The maximum atomic E-state index is 6.31. The van der Waals surface area contributed by atoms with Crippen molar-refractivity contribution in [1.82, 2.24) is 0 Å². The number of anilines is 3. The lowest BCUT2D eigenvalue weighted by Crippen LogP contribution is -2.10. The van der Waals surface area contributed by atoms with Gasteiger partial charge in [-0.05, 0) is 112 Å². The number of rotatable bonds is 3. The molecule has 0 saturated heterocycles. The maximum absolute atomic E-state index is 6.31. The molecular weight excluding hydrogens is 631 g/mol. The van der Waals surface area contributed by atoms with Gasteiger partial charge < -0.3 is 9.32 Å². The lowest BCUT2D eigenvalue weighted by atomic mass is 9.87. The zero-order chi connectivity index (χ0) is 33.9. The molecule has 52 heavy (non-hydrogen) atoms. The molecule has 1 heterocycles. The molecule has 0 saturated carbocycles. The quantitative estimate of drug-likeness (QED) is 0.176. The Morgan fingerprint density at radius 3 is 1.52 bits per heavy atom. The molecule has 0 aliphatic carbocycles. The van der Waals surface area contributed by atoms with Crippen molar-refractivity contribution in [2.75, 3.05) is 4.90 Å². The Morgan fingerprint density at radius 2 is 0.788 bits per heavy atom. The van der Waals surface area contributed by atoms with Crippen LogP contribution in [0.5, 0.6) is 0 Å². The molecule has 2 heteroatoms. The largest absolute Gasteiger partial charge is 0.456 e. The SMILES string of the molecule is c1ccc2c(N(c3ccc4oc5ccccc5c4c3)c3cc4ccc5cccc6c7cccc8ccc9cccc(c(c3)c4c56)c9c87)cccc2c1. The van der Waals surface area contributed by atoms with E-state index in [1.54, 1.807) is 0 Å². The van der Waals surface area contributed by atoms with Crippen molar-refractivity contribution in [3.8, 4) is 0 Å². The molecule has 0 aliphatic rings. The van der Waals surface area contributed by atoms with E-state index in [1.165, 1.54) is 75.4 Å². The van der Waals surface area contributed by atoms with Gasteiger partial charge in [-0.1, -0.05) is 133 Å². The Kier molecular flexibility index (Phi) is 5.53. The van der Waals surface area contributed by atoms with Crippen LogP contribution in [0.1, 0.15) is 0 Å². The van der Waals surface area contributed by atoms with Crippen molar-refractivity contribution < 1.29 is 4.42 Å². The number of fused-ring (bicyclic) bond motifs is 6. The van der Waals surface area contributed by atoms with Gasteiger partial charge in [0, 0.05) is 27.5 Å². The minimum atomic E-state index is 0.890. The molecule has 2 nitrogen and oxygen atoms in total. The van der Waals surface area contributed by atoms with Crippen LogP contribution in [0.25, 0.3) is 97.3 Å². The van der Waals surface area contributed by atoms with E-state index in [1.807, 2.05) is 6.07 Å². The van der Waals surface area contributed by atoms with Crippen LogP contribution in [0, 0.1) is 0 Å². The van der Waals surface area contributed by atoms with E-state index in [9.17, 15) is 0 Å². The van der Waals surface area contributed by atoms with Gasteiger partial charge >= 0.3 is 0 Å². The van der Waals surface area contributed by atoms with E-state index in [0.29, 0.717) is 0 Å². The Hall–Kier alpha value is -6.90. The minimum Gasteiger partial charge on any atom is -0.456 e. The minimum absolute atomic E-state index is 0.890. The summed E-state index contributed by atoms with van der Waals surface area (Å²) in [6, 6.07) is 64.7. The third-order valence-electron chi connectivity index (χ3n) is 11.3. The van der Waals surface area contributed by atoms with Crippen molar-refractivity contribution in [2.45, 2.75) is 0 Å². The molecule has 11 aromatic carbocycles. The summed E-state index contributed by atoms with van der Waals surface area (Å²) in [4.78, 5) is 2.45. The Balaban J connectivity index is 1.28. The third-order valence-corrected chi connectivity index (χ3v) is 11.3. The Bertz CT molecular complexity index is 3410. The predicted molar refractivity (Wildman–Crippen MR) is 222 cm³/mol. The van der Waals surface area contributed by atoms with Gasteiger partial charge in [-0.2, -0.15) is 0 Å². The van der Waals surface area contributed by atoms with Gasteiger partial charge in [0.05, 0.1) is 5.69 Å². The zero-order valence-corrected chi connectivity index (χ0v) is 28.1. The van der Waals surface area contributed by atoms with Gasteiger partial charge in [0.1, 0.15) is 11.2 Å². The summed E-state index contributed by atoms with van der Waals surface area (Å²) < 4.78 is 6.31. The lowest BCUT2D eigenvalue weighted by Gasteiger charge is -2.28. The van der Waals surface area contributed by atoms with E-state index in [4.69, 9.17) is 4.42 Å². The highest BCUT2D eigenvalue weighted by atomic mass is 16.3. The molecule has 0 unspecified atom stereocenters. The van der Waals surface area contributed by atoms with Crippen LogP contribution in [0.2, 0.25) is 0 Å². The molecule has 0 bridgehead atoms. The van der Waals surface area contributed by atoms with Crippen molar-refractivity contribution >= 4 is 114 Å². The molecular formula is C50H29NO. The number of hydrogen-bond donors (Lipinski definition) is 0. The fourth-order valence-corrected chi connectivity index (χ4v) is 9.08. The van der Waals surface area contributed by atoms with Crippen molar-refractivity contribution in [3.63, 3.8) is 0 Å². The predicted octanol–water partition coefficient (Wildman–Crippen LogP) is 14.6. The van der Waals surface area contributed by atoms with Gasteiger partial charge in [-0.25, -0.2) is 0 Å². The van der Waals surface area contributed by atoms with E-state index >= 15 is 0 Å². The molecule has 0 spiro atoms. The second-order valence-electron chi connectivity index (χ2n) is 14.0. The highest BCUT2D eigenvalue weighted by Crippen LogP contribution is 2.47. The highest BCUT2D eigenvalue weighted by molar-refractivity contribution is 6.37.